The van der Waals surface area contributed by atoms with Gasteiger partial charge >= 0.3 is 5.97 Å². The summed E-state index contributed by atoms with van der Waals surface area (Å²) >= 11 is 0. The summed E-state index contributed by atoms with van der Waals surface area (Å²) in [6, 6.07) is 5.37. The first kappa shape index (κ1) is 17.6. The van der Waals surface area contributed by atoms with Crippen LogP contribution in [-0.4, -0.2) is 51.2 Å². The topological polar surface area (TPSA) is 65.1 Å². The number of esters is 1. The smallest absolute Gasteiger partial charge is 0.325 e. The van der Waals surface area contributed by atoms with Gasteiger partial charge in [0.2, 0.25) is 5.91 Å². The first-order chi connectivity index (χ1) is 10.5. The van der Waals surface area contributed by atoms with E-state index in [2.05, 4.69) is 4.74 Å². The van der Waals surface area contributed by atoms with Gasteiger partial charge in [-0.1, -0.05) is 6.07 Å². The number of rotatable bonds is 7. The summed E-state index contributed by atoms with van der Waals surface area (Å²) in [7, 11) is 4.37. The van der Waals surface area contributed by atoms with Crippen LogP contribution in [0.2, 0.25) is 0 Å². The van der Waals surface area contributed by atoms with Crippen LogP contribution in [0, 0.1) is 0 Å². The molecular formula is C16H21NO5. The fourth-order valence-corrected chi connectivity index (χ4v) is 1.69. The number of likely N-dealkylation sites (N-methyl/N-ethyl adjacent to an activating group) is 1. The number of carbonyl (C=O) groups is 2. The van der Waals surface area contributed by atoms with Crippen LogP contribution in [0.4, 0.5) is 0 Å². The van der Waals surface area contributed by atoms with E-state index in [0.717, 1.165) is 5.56 Å². The quantitative estimate of drug-likeness (QED) is 0.567. The highest BCUT2D eigenvalue weighted by atomic mass is 16.5. The number of hydrogen-bond acceptors (Lipinski definition) is 5. The average Bonchev–Trinajstić information content (AvgIpc) is 2.53. The van der Waals surface area contributed by atoms with Crippen molar-refractivity contribution in [3.05, 3.63) is 29.8 Å². The fourth-order valence-electron chi connectivity index (χ4n) is 1.69. The minimum atomic E-state index is -0.466. The molecule has 1 rings (SSSR count). The molecule has 0 aliphatic heterocycles. The molecule has 120 valence electrons. The number of methoxy groups -OCH3 is 2. The molecule has 0 spiro atoms. The van der Waals surface area contributed by atoms with Gasteiger partial charge in [-0.05, 0) is 30.7 Å². The van der Waals surface area contributed by atoms with E-state index in [-0.39, 0.29) is 12.5 Å². The van der Waals surface area contributed by atoms with Crippen molar-refractivity contribution in [1.29, 1.82) is 0 Å². The highest BCUT2D eigenvalue weighted by Crippen LogP contribution is 2.28. The molecule has 0 saturated heterocycles. The molecule has 1 amide bonds. The SMILES string of the molecule is CCOc1ccc(/C=C/C(=O)N(C)CC(=O)OC)cc1OC. The van der Waals surface area contributed by atoms with E-state index in [1.54, 1.807) is 25.3 Å². The molecule has 0 aliphatic carbocycles. The molecule has 0 bridgehead atoms. The molecule has 0 aromatic heterocycles. The largest absolute Gasteiger partial charge is 0.493 e. The summed E-state index contributed by atoms with van der Waals surface area (Å²) in [5.74, 6) is 0.487. The molecule has 6 nitrogen and oxygen atoms in total. The first-order valence-corrected chi connectivity index (χ1v) is 6.82. The van der Waals surface area contributed by atoms with Gasteiger partial charge in [0, 0.05) is 13.1 Å². The Morgan fingerprint density at radius 2 is 1.95 bits per heavy atom. The van der Waals surface area contributed by atoms with Crippen LogP contribution in [0.1, 0.15) is 12.5 Å². The lowest BCUT2D eigenvalue weighted by Crippen LogP contribution is -2.31. The maximum absolute atomic E-state index is 11.9. The Morgan fingerprint density at radius 1 is 1.23 bits per heavy atom. The summed E-state index contributed by atoms with van der Waals surface area (Å²) in [5.41, 5.74) is 0.792. The molecule has 0 aliphatic rings. The lowest BCUT2D eigenvalue weighted by molar-refractivity contribution is -0.144. The van der Waals surface area contributed by atoms with E-state index >= 15 is 0 Å². The lowest BCUT2D eigenvalue weighted by Gasteiger charge is -2.13. The van der Waals surface area contributed by atoms with E-state index in [1.807, 2.05) is 13.0 Å². The van der Waals surface area contributed by atoms with Crippen molar-refractivity contribution in [1.82, 2.24) is 4.90 Å². The van der Waals surface area contributed by atoms with Crippen LogP contribution in [-0.2, 0) is 14.3 Å². The molecule has 0 saturated carbocycles. The van der Waals surface area contributed by atoms with Gasteiger partial charge in [-0.3, -0.25) is 9.59 Å². The molecule has 0 heterocycles. The third-order valence-electron chi connectivity index (χ3n) is 2.88. The second-order valence-electron chi connectivity index (χ2n) is 4.45. The van der Waals surface area contributed by atoms with Gasteiger partial charge < -0.3 is 19.1 Å². The molecule has 0 fully saturated rings. The minimum absolute atomic E-state index is 0.0910. The van der Waals surface area contributed by atoms with E-state index in [9.17, 15) is 9.59 Å². The Hall–Kier alpha value is -2.50. The van der Waals surface area contributed by atoms with Crippen molar-refractivity contribution in [2.75, 3.05) is 34.4 Å². The van der Waals surface area contributed by atoms with Gasteiger partial charge in [0.1, 0.15) is 6.54 Å². The van der Waals surface area contributed by atoms with Gasteiger partial charge in [0.25, 0.3) is 0 Å². The molecule has 1 aromatic carbocycles. The van der Waals surface area contributed by atoms with Crippen molar-refractivity contribution in [3.63, 3.8) is 0 Å². The van der Waals surface area contributed by atoms with Gasteiger partial charge in [-0.15, -0.1) is 0 Å². The van der Waals surface area contributed by atoms with Crippen LogP contribution < -0.4 is 9.47 Å². The Kier molecular flexibility index (Phi) is 6.95. The normalized spacial score (nSPS) is 10.4. The molecule has 1 aromatic rings. The zero-order valence-corrected chi connectivity index (χ0v) is 13.3. The van der Waals surface area contributed by atoms with E-state index < -0.39 is 5.97 Å². The number of amides is 1. The number of nitrogens with zero attached hydrogens (tertiary/aromatic N) is 1. The lowest BCUT2D eigenvalue weighted by atomic mass is 10.2. The Labute approximate surface area is 130 Å². The third-order valence-corrected chi connectivity index (χ3v) is 2.88. The Bertz CT molecular complexity index is 553. The van der Waals surface area contributed by atoms with Crippen molar-refractivity contribution >= 4 is 18.0 Å². The van der Waals surface area contributed by atoms with Crippen LogP contribution in [0.5, 0.6) is 11.5 Å². The van der Waals surface area contributed by atoms with E-state index in [0.29, 0.717) is 18.1 Å². The minimum Gasteiger partial charge on any atom is -0.493 e. The first-order valence-electron chi connectivity index (χ1n) is 6.82. The summed E-state index contributed by atoms with van der Waals surface area (Å²) < 4.78 is 15.2. The van der Waals surface area contributed by atoms with Crippen LogP contribution in [0.3, 0.4) is 0 Å². The standard InChI is InChI=1S/C16H21NO5/c1-5-22-13-8-6-12(10-14(13)20-3)7-9-15(18)17(2)11-16(19)21-4/h6-10H,5,11H2,1-4H3/b9-7+. The zero-order chi connectivity index (χ0) is 16.5. The van der Waals surface area contributed by atoms with Gasteiger partial charge in [0.15, 0.2) is 11.5 Å². The fraction of sp³-hybridized carbons (Fsp3) is 0.375. The molecule has 22 heavy (non-hydrogen) atoms. The average molecular weight is 307 g/mol. The maximum Gasteiger partial charge on any atom is 0.325 e. The summed E-state index contributed by atoms with van der Waals surface area (Å²) in [6.07, 6.45) is 3.03. The van der Waals surface area contributed by atoms with Crippen molar-refractivity contribution in [3.8, 4) is 11.5 Å². The van der Waals surface area contributed by atoms with Crippen LogP contribution in [0.25, 0.3) is 6.08 Å². The van der Waals surface area contributed by atoms with E-state index in [4.69, 9.17) is 9.47 Å². The maximum atomic E-state index is 11.9. The molecule has 0 radical (unpaired) electrons. The number of benzene rings is 1. The number of hydrogen-bond donors (Lipinski definition) is 0. The van der Waals surface area contributed by atoms with Gasteiger partial charge in [-0.25, -0.2) is 0 Å². The summed E-state index contributed by atoms with van der Waals surface area (Å²) in [4.78, 5) is 24.3. The summed E-state index contributed by atoms with van der Waals surface area (Å²) in [5, 5.41) is 0. The third kappa shape index (κ3) is 5.12. The predicted octanol–water partition coefficient (Wildman–Crippen LogP) is 1.74. The second kappa shape index (κ2) is 8.71. The van der Waals surface area contributed by atoms with Crippen molar-refractivity contribution in [2.24, 2.45) is 0 Å². The van der Waals surface area contributed by atoms with Crippen molar-refractivity contribution < 1.29 is 23.8 Å². The monoisotopic (exact) mass is 307 g/mol. The predicted molar refractivity (Wildman–Crippen MR) is 82.9 cm³/mol. The number of carbonyl (C=O) groups excluding carboxylic acids is 2. The Balaban J connectivity index is 2.77. The molecule has 6 heteroatoms. The zero-order valence-electron chi connectivity index (χ0n) is 13.3. The van der Waals surface area contributed by atoms with E-state index in [1.165, 1.54) is 25.1 Å². The molecular weight excluding hydrogens is 286 g/mol. The summed E-state index contributed by atoms with van der Waals surface area (Å²) in [6.45, 7) is 2.34. The molecule has 0 unspecified atom stereocenters. The highest BCUT2D eigenvalue weighted by Gasteiger charge is 2.10. The molecule has 0 N–H and O–H groups in total. The van der Waals surface area contributed by atoms with Crippen LogP contribution >= 0.6 is 0 Å². The van der Waals surface area contributed by atoms with Gasteiger partial charge in [0.05, 0.1) is 20.8 Å². The Morgan fingerprint density at radius 3 is 2.55 bits per heavy atom. The second-order valence-corrected chi connectivity index (χ2v) is 4.45. The number of ether oxygens (including phenoxy) is 3. The highest BCUT2D eigenvalue weighted by molar-refractivity contribution is 5.93. The van der Waals surface area contributed by atoms with Crippen LogP contribution in [0.15, 0.2) is 24.3 Å². The van der Waals surface area contributed by atoms with Gasteiger partial charge in [-0.2, -0.15) is 0 Å². The molecule has 0 atom stereocenters. The van der Waals surface area contributed by atoms with Crippen molar-refractivity contribution in [2.45, 2.75) is 6.92 Å².